The molecule has 0 aliphatic rings. The van der Waals surface area contributed by atoms with Crippen molar-refractivity contribution in [1.29, 1.82) is 5.26 Å². The molecule has 2 rings (SSSR count). The second kappa shape index (κ2) is 5.78. The van der Waals surface area contributed by atoms with Gasteiger partial charge < -0.3 is 4.90 Å². The van der Waals surface area contributed by atoms with Gasteiger partial charge in [-0.25, -0.2) is 0 Å². The highest BCUT2D eigenvalue weighted by molar-refractivity contribution is 9.10. The Balaban J connectivity index is 2.53. The zero-order valence-electron chi connectivity index (χ0n) is 10.9. The van der Waals surface area contributed by atoms with Crippen molar-refractivity contribution in [3.05, 3.63) is 58.1 Å². The molecule has 6 heteroatoms. The monoisotopic (exact) mass is 354 g/mol. The molecule has 0 heterocycles. The van der Waals surface area contributed by atoms with Crippen LogP contribution in [0, 0.1) is 11.3 Å². The van der Waals surface area contributed by atoms with Gasteiger partial charge in [0.2, 0.25) is 0 Å². The van der Waals surface area contributed by atoms with Crippen LogP contribution in [0.5, 0.6) is 0 Å². The van der Waals surface area contributed by atoms with Crippen LogP contribution in [0.3, 0.4) is 0 Å². The zero-order valence-corrected chi connectivity index (χ0v) is 12.5. The average molecular weight is 355 g/mol. The Morgan fingerprint density at radius 2 is 1.86 bits per heavy atom. The molecule has 21 heavy (non-hydrogen) atoms. The number of benzene rings is 2. The molecule has 0 unspecified atom stereocenters. The Labute approximate surface area is 128 Å². The Bertz CT molecular complexity index is 705. The van der Waals surface area contributed by atoms with Crippen molar-refractivity contribution in [2.75, 3.05) is 11.9 Å². The first-order chi connectivity index (χ1) is 9.82. The highest BCUT2D eigenvalue weighted by Gasteiger charge is 2.34. The highest BCUT2D eigenvalue weighted by Crippen LogP contribution is 2.40. The van der Waals surface area contributed by atoms with Gasteiger partial charge in [-0.15, -0.1) is 0 Å². The summed E-state index contributed by atoms with van der Waals surface area (Å²) in [5.74, 6) is 0. The fourth-order valence-electron chi connectivity index (χ4n) is 1.95. The lowest BCUT2D eigenvalue weighted by Crippen LogP contribution is -2.16. The van der Waals surface area contributed by atoms with Crippen LogP contribution in [0.2, 0.25) is 0 Å². The Hall–Kier alpha value is -2.00. The van der Waals surface area contributed by atoms with E-state index in [0.29, 0.717) is 15.7 Å². The maximum atomic E-state index is 13.2. The molecule has 0 amide bonds. The summed E-state index contributed by atoms with van der Waals surface area (Å²) in [5.41, 5.74) is 0.203. The van der Waals surface area contributed by atoms with E-state index in [-0.39, 0.29) is 5.69 Å². The molecule has 0 fully saturated rings. The zero-order chi connectivity index (χ0) is 15.6. The Kier molecular flexibility index (Phi) is 4.24. The van der Waals surface area contributed by atoms with Gasteiger partial charge in [0.1, 0.15) is 0 Å². The van der Waals surface area contributed by atoms with Crippen molar-refractivity contribution >= 4 is 27.3 Å². The Morgan fingerprint density at radius 3 is 2.48 bits per heavy atom. The molecule has 0 saturated heterocycles. The van der Waals surface area contributed by atoms with Gasteiger partial charge in [-0.1, -0.05) is 22.0 Å². The van der Waals surface area contributed by atoms with Crippen LogP contribution < -0.4 is 4.90 Å². The first kappa shape index (κ1) is 15.4. The second-order valence-electron chi connectivity index (χ2n) is 4.38. The molecular formula is C15H10BrF3N2. The normalized spacial score (nSPS) is 11.0. The van der Waals surface area contributed by atoms with Crippen LogP contribution in [0.4, 0.5) is 24.5 Å². The minimum atomic E-state index is -4.46. The third-order valence-corrected chi connectivity index (χ3v) is 3.48. The summed E-state index contributed by atoms with van der Waals surface area (Å²) in [6.07, 6.45) is -4.46. The standard InChI is InChI=1S/C15H10BrF3N2/c1-21(12-4-2-3-10(7-12)9-20)14-6-5-11(16)8-13(14)15(17,18)19/h2-8H,1H3. The van der Waals surface area contributed by atoms with Crippen molar-refractivity contribution in [2.24, 2.45) is 0 Å². The smallest absolute Gasteiger partial charge is 0.344 e. The number of anilines is 2. The van der Waals surface area contributed by atoms with E-state index in [1.54, 1.807) is 30.3 Å². The van der Waals surface area contributed by atoms with Crippen LogP contribution in [0.1, 0.15) is 11.1 Å². The summed E-state index contributed by atoms with van der Waals surface area (Å²) < 4.78 is 39.8. The van der Waals surface area contributed by atoms with E-state index in [2.05, 4.69) is 15.9 Å². The van der Waals surface area contributed by atoms with Crippen molar-refractivity contribution in [1.82, 2.24) is 0 Å². The van der Waals surface area contributed by atoms with E-state index in [9.17, 15) is 13.2 Å². The van der Waals surface area contributed by atoms with Crippen LogP contribution in [0.15, 0.2) is 46.9 Å². The molecule has 0 atom stereocenters. The number of nitrogens with zero attached hydrogens (tertiary/aromatic N) is 2. The molecule has 108 valence electrons. The van der Waals surface area contributed by atoms with Gasteiger partial charge in [-0.2, -0.15) is 18.4 Å². The van der Waals surface area contributed by atoms with Gasteiger partial charge in [0.05, 0.1) is 22.9 Å². The highest BCUT2D eigenvalue weighted by atomic mass is 79.9. The van der Waals surface area contributed by atoms with Gasteiger partial charge >= 0.3 is 6.18 Å². The maximum absolute atomic E-state index is 13.2. The quantitative estimate of drug-likeness (QED) is 0.749. The number of alkyl halides is 3. The number of halogens is 4. The molecule has 2 aromatic rings. The van der Waals surface area contributed by atoms with Crippen LogP contribution in [-0.4, -0.2) is 7.05 Å². The van der Waals surface area contributed by atoms with Gasteiger partial charge in [-0.05, 0) is 36.4 Å². The lowest BCUT2D eigenvalue weighted by Gasteiger charge is -2.24. The third kappa shape index (κ3) is 3.37. The van der Waals surface area contributed by atoms with E-state index in [1.807, 2.05) is 6.07 Å². The van der Waals surface area contributed by atoms with Crippen LogP contribution in [0.25, 0.3) is 0 Å². The number of hydrogen-bond acceptors (Lipinski definition) is 2. The van der Waals surface area contributed by atoms with Gasteiger partial charge in [-0.3, -0.25) is 0 Å². The molecule has 0 saturated carbocycles. The maximum Gasteiger partial charge on any atom is 0.418 e. The summed E-state index contributed by atoms with van der Waals surface area (Å²) in [6, 6.07) is 12.4. The Morgan fingerprint density at radius 1 is 1.14 bits per heavy atom. The van der Waals surface area contributed by atoms with Gasteiger partial charge in [0.25, 0.3) is 0 Å². The summed E-state index contributed by atoms with van der Waals surface area (Å²) >= 11 is 3.06. The average Bonchev–Trinajstić information content (AvgIpc) is 2.45. The molecular weight excluding hydrogens is 345 g/mol. The molecule has 0 spiro atoms. The minimum absolute atomic E-state index is 0.0285. The van der Waals surface area contributed by atoms with Gasteiger partial charge in [0.15, 0.2) is 0 Å². The van der Waals surface area contributed by atoms with E-state index < -0.39 is 11.7 Å². The predicted molar refractivity (Wildman–Crippen MR) is 78.4 cm³/mol. The molecule has 0 aliphatic carbocycles. The molecule has 2 nitrogen and oxygen atoms in total. The largest absolute Gasteiger partial charge is 0.418 e. The predicted octanol–water partition coefficient (Wildman–Crippen LogP) is 5.11. The first-order valence-corrected chi connectivity index (χ1v) is 6.73. The molecule has 0 N–H and O–H groups in total. The fourth-order valence-corrected chi connectivity index (χ4v) is 2.31. The summed E-state index contributed by atoms with van der Waals surface area (Å²) in [4.78, 5) is 1.41. The summed E-state index contributed by atoms with van der Waals surface area (Å²) in [7, 11) is 1.54. The van der Waals surface area contributed by atoms with Crippen LogP contribution in [-0.2, 0) is 6.18 Å². The molecule has 0 aliphatic heterocycles. The van der Waals surface area contributed by atoms with Crippen molar-refractivity contribution in [3.8, 4) is 6.07 Å². The van der Waals surface area contributed by atoms with Crippen molar-refractivity contribution in [3.63, 3.8) is 0 Å². The van der Waals surface area contributed by atoms with Crippen molar-refractivity contribution in [2.45, 2.75) is 6.18 Å². The lowest BCUT2D eigenvalue weighted by molar-refractivity contribution is -0.137. The molecule has 0 bridgehead atoms. The number of hydrogen-bond donors (Lipinski definition) is 0. The summed E-state index contributed by atoms with van der Waals surface area (Å²) in [5, 5.41) is 8.88. The second-order valence-corrected chi connectivity index (χ2v) is 5.30. The van der Waals surface area contributed by atoms with E-state index in [4.69, 9.17) is 5.26 Å². The number of rotatable bonds is 2. The van der Waals surface area contributed by atoms with Crippen molar-refractivity contribution < 1.29 is 13.2 Å². The SMILES string of the molecule is CN(c1cccc(C#N)c1)c1ccc(Br)cc1C(F)(F)F. The fraction of sp³-hybridized carbons (Fsp3) is 0.133. The summed E-state index contributed by atoms with van der Waals surface area (Å²) in [6.45, 7) is 0. The lowest BCUT2D eigenvalue weighted by atomic mass is 10.1. The van der Waals surface area contributed by atoms with Crippen LogP contribution >= 0.6 is 15.9 Å². The number of nitriles is 1. The third-order valence-electron chi connectivity index (χ3n) is 2.99. The topological polar surface area (TPSA) is 27.0 Å². The molecule has 0 aromatic heterocycles. The molecule has 0 radical (unpaired) electrons. The first-order valence-electron chi connectivity index (χ1n) is 5.93. The van der Waals surface area contributed by atoms with E-state index in [1.165, 1.54) is 18.0 Å². The molecule has 2 aromatic carbocycles. The van der Waals surface area contributed by atoms with Gasteiger partial charge in [0, 0.05) is 17.2 Å². The van der Waals surface area contributed by atoms with E-state index >= 15 is 0 Å². The van der Waals surface area contributed by atoms with E-state index in [0.717, 1.165) is 6.07 Å². The minimum Gasteiger partial charge on any atom is -0.344 e.